The van der Waals surface area contributed by atoms with E-state index in [-0.39, 0.29) is 17.9 Å². The van der Waals surface area contributed by atoms with E-state index in [0.717, 1.165) is 24.0 Å². The fraction of sp³-hybridized carbons (Fsp3) is 0.467. The SMILES string of the molecule is CC(NS(=O)(=O)C1CC1)c1ccc(C#CCCO)cc1. The molecule has 1 aliphatic rings. The van der Waals surface area contributed by atoms with Gasteiger partial charge in [-0.3, -0.25) is 0 Å². The molecule has 5 heteroatoms. The van der Waals surface area contributed by atoms with Gasteiger partial charge in [-0.25, -0.2) is 13.1 Å². The van der Waals surface area contributed by atoms with Crippen LogP contribution in [0.3, 0.4) is 0 Å². The molecule has 0 spiro atoms. The monoisotopic (exact) mass is 293 g/mol. The number of sulfonamides is 1. The average Bonchev–Trinajstić information content (AvgIpc) is 3.24. The summed E-state index contributed by atoms with van der Waals surface area (Å²) in [7, 11) is -3.17. The molecule has 0 aliphatic heterocycles. The predicted molar refractivity (Wildman–Crippen MR) is 78.5 cm³/mol. The predicted octanol–water partition coefficient (Wildman–Crippen LogP) is 1.56. The minimum absolute atomic E-state index is 0.0606. The van der Waals surface area contributed by atoms with Crippen molar-refractivity contribution in [3.8, 4) is 11.8 Å². The molecule has 1 aliphatic carbocycles. The first kappa shape index (κ1) is 15.0. The quantitative estimate of drug-likeness (QED) is 0.810. The Balaban J connectivity index is 2.00. The molecule has 2 rings (SSSR count). The van der Waals surface area contributed by atoms with Crippen molar-refractivity contribution in [2.75, 3.05) is 6.61 Å². The first-order valence-electron chi connectivity index (χ1n) is 6.74. The summed E-state index contributed by atoms with van der Waals surface area (Å²) in [6, 6.07) is 7.25. The average molecular weight is 293 g/mol. The Labute approximate surface area is 120 Å². The highest BCUT2D eigenvalue weighted by atomic mass is 32.2. The fourth-order valence-electron chi connectivity index (χ4n) is 1.86. The Morgan fingerprint density at radius 1 is 1.35 bits per heavy atom. The largest absolute Gasteiger partial charge is 0.395 e. The van der Waals surface area contributed by atoms with Crippen LogP contribution in [0, 0.1) is 11.8 Å². The number of aliphatic hydroxyl groups is 1. The lowest BCUT2D eigenvalue weighted by Crippen LogP contribution is -2.29. The van der Waals surface area contributed by atoms with E-state index >= 15 is 0 Å². The Morgan fingerprint density at radius 2 is 2.00 bits per heavy atom. The van der Waals surface area contributed by atoms with Crippen LogP contribution < -0.4 is 4.72 Å². The van der Waals surface area contributed by atoms with Crippen molar-refractivity contribution in [3.05, 3.63) is 35.4 Å². The highest BCUT2D eigenvalue weighted by Crippen LogP contribution is 2.29. The number of rotatable bonds is 5. The van der Waals surface area contributed by atoms with Gasteiger partial charge in [0.05, 0.1) is 11.9 Å². The molecule has 0 amide bonds. The van der Waals surface area contributed by atoms with E-state index in [2.05, 4.69) is 16.6 Å². The van der Waals surface area contributed by atoms with E-state index in [0.29, 0.717) is 6.42 Å². The minimum Gasteiger partial charge on any atom is -0.395 e. The third kappa shape index (κ3) is 4.07. The molecule has 1 fully saturated rings. The van der Waals surface area contributed by atoms with E-state index < -0.39 is 10.0 Å². The second-order valence-corrected chi connectivity index (χ2v) is 6.97. The first-order valence-corrected chi connectivity index (χ1v) is 8.28. The van der Waals surface area contributed by atoms with Gasteiger partial charge in [0.1, 0.15) is 0 Å². The molecule has 20 heavy (non-hydrogen) atoms. The molecule has 1 unspecified atom stereocenters. The van der Waals surface area contributed by atoms with Crippen molar-refractivity contribution in [1.82, 2.24) is 4.72 Å². The van der Waals surface area contributed by atoms with E-state index in [1.54, 1.807) is 0 Å². The van der Waals surface area contributed by atoms with Crippen molar-refractivity contribution >= 4 is 10.0 Å². The van der Waals surface area contributed by atoms with Crippen molar-refractivity contribution in [2.45, 2.75) is 37.5 Å². The van der Waals surface area contributed by atoms with Gasteiger partial charge >= 0.3 is 0 Å². The summed E-state index contributed by atoms with van der Waals surface area (Å²) < 4.78 is 26.4. The molecule has 0 saturated heterocycles. The molecule has 1 atom stereocenters. The van der Waals surface area contributed by atoms with E-state index in [1.165, 1.54) is 0 Å². The van der Waals surface area contributed by atoms with Crippen LogP contribution in [-0.2, 0) is 10.0 Å². The number of aliphatic hydroxyl groups excluding tert-OH is 1. The summed E-state index contributed by atoms with van der Waals surface area (Å²) in [6.07, 6.45) is 1.99. The summed E-state index contributed by atoms with van der Waals surface area (Å²) in [6.45, 7) is 1.90. The number of hydrogen-bond donors (Lipinski definition) is 2. The number of nitrogens with one attached hydrogen (secondary N) is 1. The maximum absolute atomic E-state index is 11.9. The Morgan fingerprint density at radius 3 is 2.55 bits per heavy atom. The van der Waals surface area contributed by atoms with Crippen LogP contribution in [0.5, 0.6) is 0 Å². The lowest BCUT2D eigenvalue weighted by Gasteiger charge is -2.14. The smallest absolute Gasteiger partial charge is 0.215 e. The number of hydrogen-bond acceptors (Lipinski definition) is 3. The maximum Gasteiger partial charge on any atom is 0.215 e. The highest BCUT2D eigenvalue weighted by molar-refractivity contribution is 7.90. The van der Waals surface area contributed by atoms with Gasteiger partial charge in [-0.2, -0.15) is 0 Å². The molecule has 0 radical (unpaired) electrons. The minimum atomic E-state index is -3.17. The summed E-state index contributed by atoms with van der Waals surface area (Å²) >= 11 is 0. The molecule has 4 nitrogen and oxygen atoms in total. The van der Waals surface area contributed by atoms with E-state index in [4.69, 9.17) is 5.11 Å². The van der Waals surface area contributed by atoms with Gasteiger partial charge in [-0.1, -0.05) is 24.0 Å². The lowest BCUT2D eigenvalue weighted by molar-refractivity contribution is 0.305. The van der Waals surface area contributed by atoms with Crippen LogP contribution in [0.25, 0.3) is 0 Å². The normalized spacial score (nSPS) is 16.3. The molecule has 1 aromatic carbocycles. The van der Waals surface area contributed by atoms with Crippen LogP contribution >= 0.6 is 0 Å². The van der Waals surface area contributed by atoms with Crippen molar-refractivity contribution in [1.29, 1.82) is 0 Å². The second kappa shape index (κ2) is 6.40. The van der Waals surface area contributed by atoms with Crippen LogP contribution in [0.1, 0.15) is 43.4 Å². The van der Waals surface area contributed by atoms with Gasteiger partial charge in [0, 0.05) is 18.0 Å². The molecule has 1 saturated carbocycles. The van der Waals surface area contributed by atoms with Crippen molar-refractivity contribution < 1.29 is 13.5 Å². The summed E-state index contributed by atoms with van der Waals surface area (Å²) in [5.74, 6) is 5.79. The zero-order chi connectivity index (χ0) is 14.6. The molecular weight excluding hydrogens is 274 g/mol. The zero-order valence-electron chi connectivity index (χ0n) is 11.5. The summed E-state index contributed by atoms with van der Waals surface area (Å²) in [4.78, 5) is 0. The summed E-state index contributed by atoms with van der Waals surface area (Å²) in [5.41, 5.74) is 1.78. The lowest BCUT2D eigenvalue weighted by atomic mass is 10.1. The van der Waals surface area contributed by atoms with Gasteiger partial charge in [0.2, 0.25) is 10.0 Å². The second-order valence-electron chi connectivity index (χ2n) is 4.98. The van der Waals surface area contributed by atoms with Crippen LogP contribution in [0.2, 0.25) is 0 Å². The molecule has 0 heterocycles. The molecule has 2 N–H and O–H groups in total. The Kier molecular flexibility index (Phi) is 4.81. The van der Waals surface area contributed by atoms with Crippen LogP contribution in [0.15, 0.2) is 24.3 Å². The van der Waals surface area contributed by atoms with Crippen LogP contribution in [0.4, 0.5) is 0 Å². The van der Waals surface area contributed by atoms with Gasteiger partial charge in [-0.05, 0) is 37.5 Å². The fourth-order valence-corrected chi connectivity index (χ4v) is 3.44. The molecule has 0 aromatic heterocycles. The van der Waals surface area contributed by atoms with Gasteiger partial charge < -0.3 is 5.11 Å². The number of benzene rings is 1. The van der Waals surface area contributed by atoms with Crippen LogP contribution in [-0.4, -0.2) is 25.4 Å². The Bertz CT molecular complexity index is 607. The summed E-state index contributed by atoms with van der Waals surface area (Å²) in [5, 5.41) is 8.45. The van der Waals surface area contributed by atoms with E-state index in [9.17, 15) is 8.42 Å². The van der Waals surface area contributed by atoms with E-state index in [1.807, 2.05) is 31.2 Å². The van der Waals surface area contributed by atoms with Crippen molar-refractivity contribution in [3.63, 3.8) is 0 Å². The zero-order valence-corrected chi connectivity index (χ0v) is 12.3. The van der Waals surface area contributed by atoms with Gasteiger partial charge in [0.15, 0.2) is 0 Å². The standard InChI is InChI=1S/C15H19NO3S/c1-12(16-20(18,19)15-9-10-15)14-7-5-13(6-8-14)4-2-3-11-17/h5-8,12,15-17H,3,9-11H2,1H3. The molecule has 0 bridgehead atoms. The highest BCUT2D eigenvalue weighted by Gasteiger charge is 2.36. The third-order valence-electron chi connectivity index (χ3n) is 3.18. The van der Waals surface area contributed by atoms with Gasteiger partial charge in [-0.15, -0.1) is 0 Å². The van der Waals surface area contributed by atoms with Gasteiger partial charge in [0.25, 0.3) is 0 Å². The first-order chi connectivity index (χ1) is 9.53. The molecule has 108 valence electrons. The van der Waals surface area contributed by atoms with Crippen molar-refractivity contribution in [2.24, 2.45) is 0 Å². The topological polar surface area (TPSA) is 66.4 Å². The molecular formula is C15H19NO3S. The third-order valence-corrected chi connectivity index (χ3v) is 5.22. The Hall–Kier alpha value is -1.35. The maximum atomic E-state index is 11.9. The molecule has 1 aromatic rings.